The molecule has 0 spiro atoms. The molecule has 2 heterocycles. The zero-order valence-corrected chi connectivity index (χ0v) is 15.1. The number of hydrazine groups is 1. The number of hydrogen-bond acceptors (Lipinski definition) is 8. The number of hydrogen-bond donors (Lipinski definition) is 3. The van der Waals surface area contributed by atoms with Crippen molar-refractivity contribution < 1.29 is 18.1 Å². The summed E-state index contributed by atoms with van der Waals surface area (Å²) in [5, 5.41) is 13.5. The van der Waals surface area contributed by atoms with E-state index in [2.05, 4.69) is 31.1 Å². The molecule has 0 atom stereocenters. The van der Waals surface area contributed by atoms with Gasteiger partial charge in [-0.25, -0.2) is 20.4 Å². The number of anilines is 3. The molecule has 2 aromatic heterocycles. The predicted molar refractivity (Wildman–Crippen MR) is 92.7 cm³/mol. The van der Waals surface area contributed by atoms with Gasteiger partial charge in [0.15, 0.2) is 5.82 Å². The fraction of sp³-hybridized carbons (Fsp3) is 0.357. The lowest BCUT2D eigenvalue weighted by Gasteiger charge is -2.21. The summed E-state index contributed by atoms with van der Waals surface area (Å²) in [4.78, 5) is 21.8. The van der Waals surface area contributed by atoms with Crippen molar-refractivity contribution in [3.05, 3.63) is 39.3 Å². The fourth-order valence-electron chi connectivity index (χ4n) is 1.78. The van der Waals surface area contributed by atoms with E-state index in [0.29, 0.717) is 12.3 Å². The molecule has 0 aliphatic carbocycles. The Hall–Kier alpha value is -2.73. The fourth-order valence-corrected chi connectivity index (χ4v) is 1.99. The molecule has 0 aliphatic heterocycles. The van der Waals surface area contributed by atoms with Crippen molar-refractivity contribution in [3.8, 4) is 0 Å². The van der Waals surface area contributed by atoms with Gasteiger partial charge in [0.05, 0.1) is 15.5 Å². The lowest BCUT2D eigenvalue weighted by molar-refractivity contribution is -0.383. The summed E-state index contributed by atoms with van der Waals surface area (Å²) in [5.41, 5.74) is 3.43. The summed E-state index contributed by atoms with van der Waals surface area (Å²) in [6.45, 7) is 5.45. The topological polar surface area (TPSA) is 118 Å². The maximum atomic E-state index is 12.7. The molecule has 2 aromatic rings. The lowest BCUT2D eigenvalue weighted by Crippen LogP contribution is -2.40. The lowest BCUT2D eigenvalue weighted by atomic mass is 10.1. The van der Waals surface area contributed by atoms with E-state index in [1.54, 1.807) is 0 Å². The van der Waals surface area contributed by atoms with Crippen LogP contribution in [-0.2, 0) is 6.18 Å². The van der Waals surface area contributed by atoms with Crippen molar-refractivity contribution in [1.29, 1.82) is 0 Å². The number of nitrogens with one attached hydrogen (secondary N) is 3. The van der Waals surface area contributed by atoms with Gasteiger partial charge in [-0.1, -0.05) is 11.6 Å². The van der Waals surface area contributed by atoms with Crippen LogP contribution in [0.1, 0.15) is 26.3 Å². The van der Waals surface area contributed by atoms with Gasteiger partial charge in [0.25, 0.3) is 0 Å². The van der Waals surface area contributed by atoms with Gasteiger partial charge in [0.1, 0.15) is 6.33 Å². The molecular weight excluding hydrogens is 391 g/mol. The Labute approximate surface area is 156 Å². The molecule has 0 saturated carbocycles. The molecule has 0 aromatic carbocycles. The highest BCUT2D eigenvalue weighted by molar-refractivity contribution is 6.33. The first-order valence-electron chi connectivity index (χ1n) is 7.41. The molecule has 0 bridgehead atoms. The monoisotopic (exact) mass is 405 g/mol. The van der Waals surface area contributed by atoms with Crippen molar-refractivity contribution >= 4 is 34.7 Å². The number of nitro groups is 1. The number of rotatable bonds is 5. The highest BCUT2D eigenvalue weighted by Crippen LogP contribution is 2.35. The Morgan fingerprint density at radius 2 is 1.74 bits per heavy atom. The minimum absolute atomic E-state index is 0.143. The van der Waals surface area contributed by atoms with Crippen LogP contribution in [0.3, 0.4) is 0 Å². The second-order valence-corrected chi connectivity index (χ2v) is 6.76. The van der Waals surface area contributed by atoms with Crippen LogP contribution in [0.25, 0.3) is 0 Å². The van der Waals surface area contributed by atoms with E-state index < -0.39 is 27.9 Å². The van der Waals surface area contributed by atoms with Crippen molar-refractivity contribution in [2.45, 2.75) is 32.5 Å². The van der Waals surface area contributed by atoms with Gasteiger partial charge in [0, 0.05) is 11.7 Å². The predicted octanol–water partition coefficient (Wildman–Crippen LogP) is 3.91. The SMILES string of the molecule is CC(C)(C)NNc1ncnc(Nc2ncc(C(F)(F)F)cc2Cl)c1[N+](=O)[O-]. The van der Waals surface area contributed by atoms with Crippen LogP contribution in [0.5, 0.6) is 0 Å². The van der Waals surface area contributed by atoms with Crippen molar-refractivity contribution in [3.63, 3.8) is 0 Å². The van der Waals surface area contributed by atoms with Gasteiger partial charge in [0.2, 0.25) is 11.6 Å². The summed E-state index contributed by atoms with van der Waals surface area (Å²) in [6, 6.07) is 0.657. The van der Waals surface area contributed by atoms with Gasteiger partial charge in [-0.2, -0.15) is 13.2 Å². The molecule has 13 heteroatoms. The summed E-state index contributed by atoms with van der Waals surface area (Å²) in [6.07, 6.45) is -3.02. The van der Waals surface area contributed by atoms with Gasteiger partial charge < -0.3 is 5.32 Å². The van der Waals surface area contributed by atoms with Crippen molar-refractivity contribution in [2.24, 2.45) is 0 Å². The first kappa shape index (κ1) is 20.6. The number of halogens is 4. The van der Waals surface area contributed by atoms with Gasteiger partial charge >= 0.3 is 11.9 Å². The van der Waals surface area contributed by atoms with Crippen molar-refractivity contribution in [2.75, 3.05) is 10.7 Å². The molecule has 9 nitrogen and oxygen atoms in total. The third-order valence-electron chi connectivity index (χ3n) is 2.97. The van der Waals surface area contributed by atoms with Crippen LogP contribution in [0.4, 0.5) is 36.3 Å². The van der Waals surface area contributed by atoms with Crippen LogP contribution in [-0.4, -0.2) is 25.4 Å². The highest BCUT2D eigenvalue weighted by Gasteiger charge is 2.32. The summed E-state index contributed by atoms with van der Waals surface area (Å²) < 4.78 is 38.1. The van der Waals surface area contributed by atoms with E-state index in [-0.39, 0.29) is 22.5 Å². The Kier molecular flexibility index (Phi) is 5.70. The van der Waals surface area contributed by atoms with Crippen LogP contribution in [0.2, 0.25) is 5.02 Å². The standard InChI is InChI=1S/C14H15ClF3N7O2/c1-13(2,3)24-23-12-9(25(26)27)11(20-6-21-12)22-10-8(15)4-7(5-19-10)14(16,17)18/h4-6,24H,1-3H3,(H2,19,20,21,22,23). The zero-order valence-electron chi connectivity index (χ0n) is 14.3. The maximum absolute atomic E-state index is 12.7. The van der Waals surface area contributed by atoms with Crippen molar-refractivity contribution in [1.82, 2.24) is 20.4 Å². The Morgan fingerprint density at radius 3 is 2.26 bits per heavy atom. The molecular formula is C14H15ClF3N7O2. The van der Waals surface area contributed by atoms with E-state index in [0.717, 1.165) is 6.33 Å². The summed E-state index contributed by atoms with van der Waals surface area (Å²) in [5.74, 6) is -0.654. The van der Waals surface area contributed by atoms with E-state index >= 15 is 0 Å². The Morgan fingerprint density at radius 1 is 1.11 bits per heavy atom. The molecule has 0 aliphatic rings. The Balaban J connectivity index is 2.37. The second kappa shape index (κ2) is 7.48. The van der Waals surface area contributed by atoms with Gasteiger partial charge in [-0.3, -0.25) is 15.5 Å². The molecule has 0 amide bonds. The molecule has 2 rings (SSSR count). The van der Waals surface area contributed by atoms with Gasteiger partial charge in [-0.15, -0.1) is 0 Å². The number of nitrogens with zero attached hydrogens (tertiary/aromatic N) is 4. The average molecular weight is 406 g/mol. The minimum Gasteiger partial charge on any atom is -0.318 e. The quantitative estimate of drug-likeness (QED) is 0.506. The number of pyridine rings is 1. The molecule has 0 saturated heterocycles. The van der Waals surface area contributed by atoms with E-state index in [1.165, 1.54) is 0 Å². The summed E-state index contributed by atoms with van der Waals surface area (Å²) in [7, 11) is 0. The molecule has 0 unspecified atom stereocenters. The number of aromatic nitrogens is 3. The van der Waals surface area contributed by atoms with Crippen LogP contribution in [0, 0.1) is 10.1 Å². The van der Waals surface area contributed by atoms with Crippen LogP contribution in [0.15, 0.2) is 18.6 Å². The summed E-state index contributed by atoms with van der Waals surface area (Å²) >= 11 is 5.81. The van der Waals surface area contributed by atoms with Gasteiger partial charge in [-0.05, 0) is 26.8 Å². The first-order chi connectivity index (χ1) is 12.4. The first-order valence-corrected chi connectivity index (χ1v) is 7.78. The molecule has 146 valence electrons. The van der Waals surface area contributed by atoms with Crippen LogP contribution < -0.4 is 16.2 Å². The smallest absolute Gasteiger partial charge is 0.318 e. The maximum Gasteiger partial charge on any atom is 0.417 e. The Bertz CT molecular complexity index is 856. The van der Waals surface area contributed by atoms with E-state index in [9.17, 15) is 23.3 Å². The molecule has 27 heavy (non-hydrogen) atoms. The average Bonchev–Trinajstić information content (AvgIpc) is 2.53. The normalized spacial score (nSPS) is 12.0. The van der Waals surface area contributed by atoms with E-state index in [4.69, 9.17) is 11.6 Å². The largest absolute Gasteiger partial charge is 0.417 e. The van der Waals surface area contributed by atoms with E-state index in [1.807, 2.05) is 20.8 Å². The molecule has 3 N–H and O–H groups in total. The third-order valence-corrected chi connectivity index (χ3v) is 3.25. The second-order valence-electron chi connectivity index (χ2n) is 6.35. The zero-order chi connectivity index (χ0) is 20.4. The molecule has 0 radical (unpaired) electrons. The van der Waals surface area contributed by atoms with Crippen LogP contribution >= 0.6 is 11.6 Å². The third kappa shape index (κ3) is 5.37. The number of alkyl halides is 3. The minimum atomic E-state index is -4.62. The highest BCUT2D eigenvalue weighted by atomic mass is 35.5. The molecule has 0 fully saturated rings.